The third kappa shape index (κ3) is 4.92. The Morgan fingerprint density at radius 3 is 3.10 bits per heavy atom. The molecular formula is C16H24FN3O. The van der Waals surface area contributed by atoms with E-state index in [0.29, 0.717) is 24.8 Å². The van der Waals surface area contributed by atoms with Gasteiger partial charge in [-0.3, -0.25) is 4.99 Å². The summed E-state index contributed by atoms with van der Waals surface area (Å²) >= 11 is 0. The average Bonchev–Trinajstić information content (AvgIpc) is 2.47. The van der Waals surface area contributed by atoms with Crippen molar-refractivity contribution in [3.63, 3.8) is 0 Å². The lowest BCUT2D eigenvalue weighted by atomic mass is 10.0. The first-order chi connectivity index (χ1) is 10.2. The number of ether oxygens (including phenoxy) is 1. The summed E-state index contributed by atoms with van der Waals surface area (Å²) in [6.45, 7) is 5.49. The number of rotatable bonds is 4. The van der Waals surface area contributed by atoms with Gasteiger partial charge in [-0.05, 0) is 30.9 Å². The van der Waals surface area contributed by atoms with Crippen molar-refractivity contribution in [2.24, 2.45) is 10.9 Å². The summed E-state index contributed by atoms with van der Waals surface area (Å²) in [7, 11) is 1.80. The zero-order valence-electron chi connectivity index (χ0n) is 12.8. The first-order valence-corrected chi connectivity index (χ1v) is 7.53. The van der Waals surface area contributed by atoms with Crippen LogP contribution in [0.5, 0.6) is 5.75 Å². The summed E-state index contributed by atoms with van der Waals surface area (Å²) in [5.41, 5.74) is 0. The highest BCUT2D eigenvalue weighted by Crippen LogP contribution is 2.15. The van der Waals surface area contributed by atoms with Gasteiger partial charge in [-0.25, -0.2) is 4.39 Å². The summed E-state index contributed by atoms with van der Waals surface area (Å²) in [4.78, 5) is 6.61. The fraction of sp³-hybridized carbons (Fsp3) is 0.562. The van der Waals surface area contributed by atoms with Crippen LogP contribution in [0.15, 0.2) is 29.3 Å². The van der Waals surface area contributed by atoms with Gasteiger partial charge in [0.05, 0.1) is 6.54 Å². The molecular weight excluding hydrogens is 269 g/mol. The van der Waals surface area contributed by atoms with E-state index in [1.165, 1.54) is 25.0 Å². The highest BCUT2D eigenvalue weighted by Gasteiger charge is 2.18. The quantitative estimate of drug-likeness (QED) is 0.526. The van der Waals surface area contributed by atoms with Crippen molar-refractivity contribution in [2.45, 2.75) is 19.8 Å². The number of guanidine groups is 1. The molecule has 0 amide bonds. The first-order valence-electron chi connectivity index (χ1n) is 7.53. The Bertz CT molecular complexity index is 478. The summed E-state index contributed by atoms with van der Waals surface area (Å²) in [5, 5.41) is 3.30. The number of nitrogens with one attached hydrogen (secondary N) is 1. The van der Waals surface area contributed by atoms with Crippen molar-refractivity contribution in [3.05, 3.63) is 30.1 Å². The minimum atomic E-state index is -0.279. The predicted molar refractivity (Wildman–Crippen MR) is 83.2 cm³/mol. The molecule has 4 nitrogen and oxygen atoms in total. The van der Waals surface area contributed by atoms with E-state index in [9.17, 15) is 4.39 Å². The van der Waals surface area contributed by atoms with Crippen LogP contribution in [0.4, 0.5) is 4.39 Å². The summed E-state index contributed by atoms with van der Waals surface area (Å²) in [6.07, 6.45) is 2.50. The zero-order valence-corrected chi connectivity index (χ0v) is 12.8. The maximum absolute atomic E-state index is 13.0. The molecule has 116 valence electrons. The second-order valence-electron chi connectivity index (χ2n) is 5.47. The Labute approximate surface area is 126 Å². The van der Waals surface area contributed by atoms with E-state index in [2.05, 4.69) is 22.1 Å². The molecule has 0 bridgehead atoms. The van der Waals surface area contributed by atoms with E-state index in [4.69, 9.17) is 4.74 Å². The molecule has 0 radical (unpaired) electrons. The number of hydrogen-bond acceptors (Lipinski definition) is 2. The molecule has 5 heteroatoms. The van der Waals surface area contributed by atoms with Gasteiger partial charge < -0.3 is 15.0 Å². The molecule has 1 aliphatic heterocycles. The van der Waals surface area contributed by atoms with Crippen LogP contribution in [0.3, 0.4) is 0 Å². The number of halogens is 1. The molecule has 21 heavy (non-hydrogen) atoms. The van der Waals surface area contributed by atoms with Gasteiger partial charge in [0.1, 0.15) is 18.2 Å². The van der Waals surface area contributed by atoms with Gasteiger partial charge >= 0.3 is 0 Å². The zero-order chi connectivity index (χ0) is 15.1. The molecule has 1 aromatic carbocycles. The van der Waals surface area contributed by atoms with Crippen molar-refractivity contribution < 1.29 is 9.13 Å². The molecule has 0 spiro atoms. The number of piperidine rings is 1. The third-order valence-corrected chi connectivity index (χ3v) is 3.62. The fourth-order valence-electron chi connectivity index (χ4n) is 2.60. The Morgan fingerprint density at radius 2 is 2.38 bits per heavy atom. The first kappa shape index (κ1) is 15.6. The van der Waals surface area contributed by atoms with Gasteiger partial charge in [-0.2, -0.15) is 0 Å². The molecule has 0 aromatic heterocycles. The Balaban J connectivity index is 1.73. The molecule has 1 fully saturated rings. The standard InChI is InChI=1S/C16H24FN3O/c1-13-5-4-9-20(12-13)16(18-2)19-8-10-21-15-7-3-6-14(17)11-15/h3,6-7,11,13H,4-5,8-10,12H2,1-2H3,(H,18,19). The summed E-state index contributed by atoms with van der Waals surface area (Å²) in [5.74, 6) is 1.90. The van der Waals surface area contributed by atoms with Crippen LogP contribution in [0.25, 0.3) is 0 Å². The molecule has 1 heterocycles. The highest BCUT2D eigenvalue weighted by molar-refractivity contribution is 5.79. The lowest BCUT2D eigenvalue weighted by Crippen LogP contribution is -2.47. The van der Waals surface area contributed by atoms with Crippen LogP contribution in [0, 0.1) is 11.7 Å². The minimum Gasteiger partial charge on any atom is -0.492 e. The number of nitrogens with zero attached hydrogens (tertiary/aromatic N) is 2. The van der Waals surface area contributed by atoms with Gasteiger partial charge in [0.2, 0.25) is 0 Å². The molecule has 1 aromatic rings. The predicted octanol–water partition coefficient (Wildman–Crippen LogP) is 2.51. The summed E-state index contributed by atoms with van der Waals surface area (Å²) < 4.78 is 18.5. The topological polar surface area (TPSA) is 36.9 Å². The summed E-state index contributed by atoms with van der Waals surface area (Å²) in [6, 6.07) is 6.20. The fourth-order valence-corrected chi connectivity index (χ4v) is 2.60. The Morgan fingerprint density at radius 1 is 1.52 bits per heavy atom. The van der Waals surface area contributed by atoms with Crippen molar-refractivity contribution in [1.29, 1.82) is 0 Å². The van der Waals surface area contributed by atoms with Crippen molar-refractivity contribution in [2.75, 3.05) is 33.3 Å². The molecule has 1 unspecified atom stereocenters. The largest absolute Gasteiger partial charge is 0.492 e. The van der Waals surface area contributed by atoms with E-state index in [-0.39, 0.29) is 5.82 Å². The number of benzene rings is 1. The van der Waals surface area contributed by atoms with Crippen molar-refractivity contribution >= 4 is 5.96 Å². The lowest BCUT2D eigenvalue weighted by molar-refractivity contribution is 0.262. The lowest BCUT2D eigenvalue weighted by Gasteiger charge is -2.33. The van der Waals surface area contributed by atoms with Crippen LogP contribution < -0.4 is 10.1 Å². The van der Waals surface area contributed by atoms with Crippen LogP contribution in [-0.2, 0) is 0 Å². The number of aliphatic imine (C=N–C) groups is 1. The van der Waals surface area contributed by atoms with Crippen LogP contribution in [0.1, 0.15) is 19.8 Å². The molecule has 1 atom stereocenters. The second-order valence-corrected chi connectivity index (χ2v) is 5.47. The van der Waals surface area contributed by atoms with Crippen LogP contribution >= 0.6 is 0 Å². The smallest absolute Gasteiger partial charge is 0.193 e. The van der Waals surface area contributed by atoms with E-state index < -0.39 is 0 Å². The van der Waals surface area contributed by atoms with E-state index in [0.717, 1.165) is 19.0 Å². The normalized spacial score (nSPS) is 19.5. The maximum atomic E-state index is 13.0. The number of likely N-dealkylation sites (tertiary alicyclic amines) is 1. The van der Waals surface area contributed by atoms with Crippen LogP contribution in [-0.4, -0.2) is 44.1 Å². The molecule has 2 rings (SSSR count). The van der Waals surface area contributed by atoms with Gasteiger partial charge in [0.15, 0.2) is 5.96 Å². The van der Waals surface area contributed by atoms with E-state index in [1.807, 2.05) is 0 Å². The van der Waals surface area contributed by atoms with Crippen molar-refractivity contribution in [1.82, 2.24) is 10.2 Å². The SMILES string of the molecule is CN=C(NCCOc1cccc(F)c1)N1CCCC(C)C1. The minimum absolute atomic E-state index is 0.279. The van der Waals surface area contributed by atoms with Gasteiger partial charge in [-0.15, -0.1) is 0 Å². The Kier molecular flexibility index (Phi) is 5.84. The van der Waals surface area contributed by atoms with Gasteiger partial charge in [0, 0.05) is 26.2 Å². The van der Waals surface area contributed by atoms with Crippen molar-refractivity contribution in [3.8, 4) is 5.75 Å². The van der Waals surface area contributed by atoms with Crippen LogP contribution in [0.2, 0.25) is 0 Å². The molecule has 0 aliphatic carbocycles. The maximum Gasteiger partial charge on any atom is 0.193 e. The molecule has 0 saturated carbocycles. The second kappa shape index (κ2) is 7.86. The number of hydrogen-bond donors (Lipinski definition) is 1. The monoisotopic (exact) mass is 293 g/mol. The molecule has 1 aliphatic rings. The molecule has 1 saturated heterocycles. The third-order valence-electron chi connectivity index (χ3n) is 3.62. The Hall–Kier alpha value is -1.78. The highest BCUT2D eigenvalue weighted by atomic mass is 19.1. The van der Waals surface area contributed by atoms with Gasteiger partial charge in [-0.1, -0.05) is 13.0 Å². The van der Waals surface area contributed by atoms with E-state index >= 15 is 0 Å². The van der Waals surface area contributed by atoms with Gasteiger partial charge in [0.25, 0.3) is 0 Å². The van der Waals surface area contributed by atoms with E-state index in [1.54, 1.807) is 19.2 Å². The molecule has 1 N–H and O–H groups in total. The average molecular weight is 293 g/mol.